The zero-order valence-electron chi connectivity index (χ0n) is 21.3. The van der Waals surface area contributed by atoms with E-state index in [-0.39, 0.29) is 16.2 Å². The fourth-order valence-electron chi connectivity index (χ4n) is 4.54. The van der Waals surface area contributed by atoms with Crippen molar-refractivity contribution in [1.82, 2.24) is 19.1 Å². The van der Waals surface area contributed by atoms with Gasteiger partial charge in [0.05, 0.1) is 21.9 Å². The smallest absolute Gasteiger partial charge is 0.274 e. The standard InChI is InChI=1S/C26H27N5O5S2/c1-5-38(35,36)29-22-12-18(21-15-30(3)26(32)24-20(21)10-11-27-24)13-23-25(22)28-16(2)31(23)14-17-6-8-19(9-7-17)37(4,33)34/h6-13,15,27,29H,5,14H2,1-4H3. The van der Waals surface area contributed by atoms with E-state index in [1.54, 1.807) is 56.7 Å². The molecule has 0 aliphatic carbocycles. The van der Waals surface area contributed by atoms with E-state index in [2.05, 4.69) is 14.7 Å². The van der Waals surface area contributed by atoms with Gasteiger partial charge in [-0.05, 0) is 55.3 Å². The van der Waals surface area contributed by atoms with Crippen LogP contribution in [0, 0.1) is 6.92 Å². The van der Waals surface area contributed by atoms with Crippen molar-refractivity contribution < 1.29 is 16.8 Å². The van der Waals surface area contributed by atoms with Crippen LogP contribution in [-0.2, 0) is 33.5 Å². The minimum atomic E-state index is -3.61. The van der Waals surface area contributed by atoms with Crippen molar-refractivity contribution in [2.75, 3.05) is 16.7 Å². The SMILES string of the molecule is CCS(=O)(=O)Nc1cc(-c2cn(C)c(=O)c3[nH]ccc23)cc2c1nc(C)n2Cc1ccc(S(C)(=O)=O)cc1. The molecule has 0 aliphatic heterocycles. The van der Waals surface area contributed by atoms with E-state index in [0.717, 1.165) is 22.8 Å². The molecule has 0 aliphatic rings. The van der Waals surface area contributed by atoms with Gasteiger partial charge in [0.15, 0.2) is 9.84 Å². The molecule has 0 amide bonds. The first kappa shape index (κ1) is 25.7. The molecular weight excluding hydrogens is 526 g/mol. The third-order valence-corrected chi connectivity index (χ3v) is 9.01. The van der Waals surface area contributed by atoms with Gasteiger partial charge in [0.25, 0.3) is 5.56 Å². The second-order valence-corrected chi connectivity index (χ2v) is 13.3. The highest BCUT2D eigenvalue weighted by Crippen LogP contribution is 2.35. The van der Waals surface area contributed by atoms with Crippen molar-refractivity contribution >= 4 is 47.5 Å². The van der Waals surface area contributed by atoms with Crippen LogP contribution in [-0.4, -0.2) is 47.9 Å². The minimum absolute atomic E-state index is 0.104. The Bertz CT molecular complexity index is 1980. The Hall–Kier alpha value is -3.90. The fraction of sp³-hybridized carbons (Fsp3) is 0.231. The second-order valence-electron chi connectivity index (χ2n) is 9.28. The third-order valence-electron chi connectivity index (χ3n) is 6.59. The van der Waals surface area contributed by atoms with Gasteiger partial charge < -0.3 is 14.1 Å². The Kier molecular flexibility index (Phi) is 6.19. The number of aryl methyl sites for hydroxylation is 2. The molecule has 3 heterocycles. The number of sulfonamides is 1. The van der Waals surface area contributed by atoms with Gasteiger partial charge in [0.1, 0.15) is 16.9 Å². The predicted molar refractivity (Wildman–Crippen MR) is 149 cm³/mol. The topological polar surface area (TPSA) is 136 Å². The molecule has 3 aromatic heterocycles. The van der Waals surface area contributed by atoms with Crippen LogP contribution in [0.5, 0.6) is 0 Å². The van der Waals surface area contributed by atoms with Crippen LogP contribution in [0.25, 0.3) is 33.1 Å². The van der Waals surface area contributed by atoms with Crippen LogP contribution < -0.4 is 10.3 Å². The van der Waals surface area contributed by atoms with Crippen molar-refractivity contribution in [3.63, 3.8) is 0 Å². The lowest BCUT2D eigenvalue weighted by Gasteiger charge is -2.13. The van der Waals surface area contributed by atoms with Crippen LogP contribution in [0.1, 0.15) is 18.3 Å². The number of imidazole rings is 1. The molecular formula is C26H27N5O5S2. The first-order valence-corrected chi connectivity index (χ1v) is 15.4. The summed E-state index contributed by atoms with van der Waals surface area (Å²) in [5, 5.41) is 0.718. The number of H-pyrrole nitrogens is 1. The molecule has 0 spiro atoms. The number of hydrogen-bond acceptors (Lipinski definition) is 6. The largest absolute Gasteiger partial charge is 0.357 e. The minimum Gasteiger partial charge on any atom is -0.357 e. The quantitative estimate of drug-likeness (QED) is 0.317. The maximum Gasteiger partial charge on any atom is 0.274 e. The lowest BCUT2D eigenvalue weighted by Crippen LogP contribution is -2.17. The molecule has 198 valence electrons. The average molecular weight is 554 g/mol. The summed E-state index contributed by atoms with van der Waals surface area (Å²) in [6.45, 7) is 3.78. The Morgan fingerprint density at radius 3 is 2.42 bits per heavy atom. The molecule has 0 saturated carbocycles. The number of fused-ring (bicyclic) bond motifs is 2. The number of nitrogens with zero attached hydrogens (tertiary/aromatic N) is 3. The van der Waals surface area contributed by atoms with Crippen LogP contribution in [0.15, 0.2) is 64.5 Å². The Balaban J connectivity index is 1.73. The van der Waals surface area contributed by atoms with Crippen LogP contribution >= 0.6 is 0 Å². The van der Waals surface area contributed by atoms with Crippen molar-refractivity contribution in [3.05, 3.63) is 76.6 Å². The molecule has 0 unspecified atom stereocenters. The molecule has 0 radical (unpaired) electrons. The van der Waals surface area contributed by atoms with Gasteiger partial charge in [-0.25, -0.2) is 21.8 Å². The molecule has 5 rings (SSSR count). The van der Waals surface area contributed by atoms with Crippen molar-refractivity contribution in [2.45, 2.75) is 25.3 Å². The summed E-state index contributed by atoms with van der Waals surface area (Å²) in [5.74, 6) is 0.557. The second kappa shape index (κ2) is 9.14. The van der Waals surface area contributed by atoms with E-state index < -0.39 is 19.9 Å². The van der Waals surface area contributed by atoms with Gasteiger partial charge in [-0.2, -0.15) is 0 Å². The van der Waals surface area contributed by atoms with Gasteiger partial charge >= 0.3 is 0 Å². The summed E-state index contributed by atoms with van der Waals surface area (Å²) >= 11 is 0. The number of aromatic amines is 1. The highest BCUT2D eigenvalue weighted by molar-refractivity contribution is 7.92. The fourth-order valence-corrected chi connectivity index (χ4v) is 5.80. The maximum atomic E-state index is 12.6. The lowest BCUT2D eigenvalue weighted by atomic mass is 10.0. The normalized spacial score (nSPS) is 12.4. The predicted octanol–water partition coefficient (Wildman–Crippen LogP) is 3.41. The van der Waals surface area contributed by atoms with E-state index in [1.807, 2.05) is 23.6 Å². The highest BCUT2D eigenvalue weighted by atomic mass is 32.2. The first-order chi connectivity index (χ1) is 17.9. The molecule has 0 saturated heterocycles. The zero-order valence-corrected chi connectivity index (χ0v) is 22.9. The molecule has 12 heteroatoms. The number of nitrogens with one attached hydrogen (secondary N) is 2. The maximum absolute atomic E-state index is 12.6. The Labute approximate surface area is 219 Å². The number of sulfone groups is 1. The first-order valence-electron chi connectivity index (χ1n) is 11.9. The number of aromatic nitrogens is 4. The van der Waals surface area contributed by atoms with Crippen molar-refractivity contribution in [1.29, 1.82) is 0 Å². The van der Waals surface area contributed by atoms with Crippen molar-refractivity contribution in [2.24, 2.45) is 7.05 Å². The van der Waals surface area contributed by atoms with Crippen LogP contribution in [0.3, 0.4) is 0 Å². The molecule has 0 fully saturated rings. The number of hydrogen-bond donors (Lipinski definition) is 2. The molecule has 0 bridgehead atoms. The van der Waals surface area contributed by atoms with E-state index in [0.29, 0.717) is 40.2 Å². The summed E-state index contributed by atoms with van der Waals surface area (Å²) in [7, 11) is -5.26. The number of pyridine rings is 1. The number of anilines is 1. The average Bonchev–Trinajstić information content (AvgIpc) is 3.47. The Morgan fingerprint density at radius 1 is 1.05 bits per heavy atom. The van der Waals surface area contributed by atoms with Crippen LogP contribution in [0.2, 0.25) is 0 Å². The molecule has 2 N–H and O–H groups in total. The van der Waals surface area contributed by atoms with Crippen molar-refractivity contribution in [3.8, 4) is 11.1 Å². The van der Waals surface area contributed by atoms with E-state index in [4.69, 9.17) is 0 Å². The van der Waals surface area contributed by atoms with E-state index in [1.165, 1.54) is 4.57 Å². The summed E-state index contributed by atoms with van der Waals surface area (Å²) < 4.78 is 55.0. The molecule has 2 aromatic carbocycles. The van der Waals surface area contributed by atoms with E-state index >= 15 is 0 Å². The summed E-state index contributed by atoms with van der Waals surface area (Å²) in [4.78, 5) is 20.5. The monoisotopic (exact) mass is 553 g/mol. The van der Waals surface area contributed by atoms with Crippen LogP contribution in [0.4, 0.5) is 5.69 Å². The lowest BCUT2D eigenvalue weighted by molar-refractivity contribution is 0.600. The van der Waals surface area contributed by atoms with E-state index in [9.17, 15) is 21.6 Å². The molecule has 10 nitrogen and oxygen atoms in total. The molecule has 0 atom stereocenters. The Morgan fingerprint density at radius 2 is 1.76 bits per heavy atom. The summed E-state index contributed by atoms with van der Waals surface area (Å²) in [5.41, 5.74) is 4.13. The summed E-state index contributed by atoms with van der Waals surface area (Å²) in [6.07, 6.45) is 4.59. The molecule has 38 heavy (non-hydrogen) atoms. The zero-order chi connectivity index (χ0) is 27.4. The van der Waals surface area contributed by atoms with Gasteiger partial charge in [0, 0.05) is 43.2 Å². The van der Waals surface area contributed by atoms with Gasteiger partial charge in [0.2, 0.25) is 10.0 Å². The number of rotatable bonds is 7. The third kappa shape index (κ3) is 4.61. The number of benzene rings is 2. The van der Waals surface area contributed by atoms with Gasteiger partial charge in [-0.3, -0.25) is 9.52 Å². The van der Waals surface area contributed by atoms with Gasteiger partial charge in [-0.1, -0.05) is 12.1 Å². The van der Waals surface area contributed by atoms with Gasteiger partial charge in [-0.15, -0.1) is 0 Å². The highest BCUT2D eigenvalue weighted by Gasteiger charge is 2.19. The summed E-state index contributed by atoms with van der Waals surface area (Å²) in [6, 6.07) is 12.1. The molecule has 5 aromatic rings.